The molecule has 0 heterocycles. The largest absolute Gasteiger partial charge is 0.377 e. The average molecular weight is 141 g/mol. The maximum Gasteiger partial charge on any atom is 0.225 e. The number of carbonyl (C=O) groups excluding carboxylic acids is 1. The van der Waals surface area contributed by atoms with Crippen molar-refractivity contribution in [3.8, 4) is 0 Å². The summed E-state index contributed by atoms with van der Waals surface area (Å²) in [5.41, 5.74) is 0. The maximum atomic E-state index is 9.63. The smallest absolute Gasteiger partial charge is 0.225 e. The molecule has 0 spiro atoms. The molecule has 0 unspecified atom stereocenters. The normalized spacial score (nSPS) is 10.5. The fourth-order valence-corrected chi connectivity index (χ4v) is 0.494. The van der Waals surface area contributed by atoms with Crippen LogP contribution < -0.4 is 0 Å². The molecule has 10 heavy (non-hydrogen) atoms. The summed E-state index contributed by atoms with van der Waals surface area (Å²) in [6.07, 6.45) is 6.85. The van der Waals surface area contributed by atoms with Crippen molar-refractivity contribution in [2.45, 2.75) is 19.8 Å². The predicted molar refractivity (Wildman–Crippen MR) is 40.6 cm³/mol. The summed E-state index contributed by atoms with van der Waals surface area (Å²) in [7, 11) is 0. The highest BCUT2D eigenvalue weighted by molar-refractivity contribution is 5.65. The Morgan fingerprint density at radius 3 is 3.00 bits per heavy atom. The zero-order chi connectivity index (χ0) is 7.66. The molecule has 0 saturated heterocycles. The van der Waals surface area contributed by atoms with Crippen LogP contribution in [0.4, 0.5) is 0 Å². The van der Waals surface area contributed by atoms with E-state index in [-0.39, 0.29) is 0 Å². The van der Waals surface area contributed by atoms with Crippen LogP contribution in [-0.4, -0.2) is 19.5 Å². The van der Waals surface area contributed by atoms with Crippen molar-refractivity contribution in [1.29, 1.82) is 0 Å². The molecule has 57 valence electrons. The van der Waals surface area contributed by atoms with Crippen molar-refractivity contribution in [2.75, 3.05) is 13.2 Å². The molecular formula is C8H13O2. The van der Waals surface area contributed by atoms with Gasteiger partial charge in [-0.1, -0.05) is 19.4 Å². The van der Waals surface area contributed by atoms with Crippen molar-refractivity contribution < 1.29 is 9.53 Å². The van der Waals surface area contributed by atoms with Crippen LogP contribution in [0.1, 0.15) is 19.8 Å². The van der Waals surface area contributed by atoms with Gasteiger partial charge in [-0.2, -0.15) is 0 Å². The third-order valence-electron chi connectivity index (χ3n) is 1.04. The number of ether oxygens (including phenoxy) is 1. The van der Waals surface area contributed by atoms with Crippen LogP contribution >= 0.6 is 0 Å². The molecule has 2 heteroatoms. The van der Waals surface area contributed by atoms with Crippen LogP contribution in [0.5, 0.6) is 0 Å². The van der Waals surface area contributed by atoms with Gasteiger partial charge in [0, 0.05) is 6.61 Å². The summed E-state index contributed by atoms with van der Waals surface area (Å²) in [5.74, 6) is 0. The van der Waals surface area contributed by atoms with Gasteiger partial charge in [-0.25, -0.2) is 0 Å². The van der Waals surface area contributed by atoms with E-state index in [2.05, 4.69) is 6.92 Å². The summed E-state index contributed by atoms with van der Waals surface area (Å²) in [6, 6.07) is 0. The van der Waals surface area contributed by atoms with Gasteiger partial charge in [-0.05, 0) is 12.5 Å². The van der Waals surface area contributed by atoms with E-state index in [0.717, 1.165) is 19.4 Å². The minimum atomic E-state index is 0.523. The summed E-state index contributed by atoms with van der Waals surface area (Å²) in [4.78, 5) is 9.63. The van der Waals surface area contributed by atoms with Gasteiger partial charge < -0.3 is 4.74 Å². The molecule has 0 N–H and O–H groups in total. The van der Waals surface area contributed by atoms with E-state index in [1.54, 1.807) is 12.4 Å². The molecule has 0 aliphatic heterocycles. The highest BCUT2D eigenvalue weighted by Crippen LogP contribution is 1.87. The topological polar surface area (TPSA) is 26.3 Å². The Morgan fingerprint density at radius 2 is 2.40 bits per heavy atom. The van der Waals surface area contributed by atoms with Gasteiger partial charge in [0.05, 0.1) is 6.61 Å². The van der Waals surface area contributed by atoms with E-state index in [4.69, 9.17) is 4.74 Å². The Kier molecular flexibility index (Phi) is 7.84. The molecule has 1 radical (unpaired) electrons. The van der Waals surface area contributed by atoms with E-state index in [1.165, 1.54) is 6.08 Å². The minimum absolute atomic E-state index is 0.523. The fourth-order valence-electron chi connectivity index (χ4n) is 0.494. The van der Waals surface area contributed by atoms with Crippen molar-refractivity contribution in [2.24, 2.45) is 0 Å². The summed E-state index contributed by atoms with van der Waals surface area (Å²) in [6.45, 7) is 3.41. The van der Waals surface area contributed by atoms with Gasteiger partial charge in [0.1, 0.15) is 0 Å². The first-order chi connectivity index (χ1) is 4.91. The molecule has 2 nitrogen and oxygen atoms in total. The highest BCUT2D eigenvalue weighted by Gasteiger charge is 1.81. The van der Waals surface area contributed by atoms with Crippen LogP contribution in [0, 0.1) is 0 Å². The zero-order valence-corrected chi connectivity index (χ0v) is 6.30. The Bertz CT molecular complexity index is 97.4. The van der Waals surface area contributed by atoms with Crippen LogP contribution in [-0.2, 0) is 9.53 Å². The second kappa shape index (κ2) is 8.37. The second-order valence-corrected chi connectivity index (χ2v) is 1.95. The summed E-state index contributed by atoms with van der Waals surface area (Å²) >= 11 is 0. The monoisotopic (exact) mass is 141 g/mol. The van der Waals surface area contributed by atoms with Crippen molar-refractivity contribution in [3.05, 3.63) is 12.2 Å². The number of allylic oxidation sites excluding steroid dienone is 1. The third-order valence-corrected chi connectivity index (χ3v) is 1.04. The molecule has 0 aliphatic carbocycles. The van der Waals surface area contributed by atoms with Gasteiger partial charge in [-0.15, -0.1) is 0 Å². The van der Waals surface area contributed by atoms with E-state index >= 15 is 0 Å². The lowest BCUT2D eigenvalue weighted by Gasteiger charge is -1.96. The molecule has 0 bridgehead atoms. The standard InChI is InChI=1S/C8H13O2/c1-2-3-7-10-8-5-4-6-9/h4-5H,2-3,7-8H2,1H3. The third kappa shape index (κ3) is 7.37. The maximum absolute atomic E-state index is 9.63. The molecule has 0 aromatic rings. The quantitative estimate of drug-likeness (QED) is 0.413. The van der Waals surface area contributed by atoms with Gasteiger partial charge in [0.25, 0.3) is 0 Å². The Hall–Kier alpha value is -0.630. The highest BCUT2D eigenvalue weighted by atomic mass is 16.5. The zero-order valence-electron chi connectivity index (χ0n) is 6.30. The van der Waals surface area contributed by atoms with E-state index in [0.29, 0.717) is 6.61 Å². The molecule has 0 aromatic carbocycles. The molecule has 0 atom stereocenters. The molecule has 0 amide bonds. The lowest BCUT2D eigenvalue weighted by atomic mass is 10.4. The first-order valence-corrected chi connectivity index (χ1v) is 3.52. The Labute approximate surface area is 61.9 Å². The van der Waals surface area contributed by atoms with Gasteiger partial charge >= 0.3 is 0 Å². The molecule has 0 fully saturated rings. The van der Waals surface area contributed by atoms with E-state index in [9.17, 15) is 4.79 Å². The predicted octanol–water partition coefficient (Wildman–Crippen LogP) is 1.47. The molecule has 0 rings (SSSR count). The van der Waals surface area contributed by atoms with E-state index in [1.807, 2.05) is 0 Å². The average Bonchev–Trinajstić information content (AvgIpc) is 1.97. The number of hydrogen-bond acceptors (Lipinski definition) is 2. The second-order valence-electron chi connectivity index (χ2n) is 1.95. The van der Waals surface area contributed by atoms with Crippen LogP contribution in [0.2, 0.25) is 0 Å². The first-order valence-electron chi connectivity index (χ1n) is 3.52. The van der Waals surface area contributed by atoms with Crippen LogP contribution in [0.25, 0.3) is 0 Å². The lowest BCUT2D eigenvalue weighted by Crippen LogP contribution is -1.92. The molecular weight excluding hydrogens is 128 g/mol. The van der Waals surface area contributed by atoms with Crippen molar-refractivity contribution in [1.82, 2.24) is 0 Å². The molecule has 0 saturated carbocycles. The number of rotatable bonds is 6. The van der Waals surface area contributed by atoms with E-state index < -0.39 is 0 Å². The van der Waals surface area contributed by atoms with Crippen LogP contribution in [0.3, 0.4) is 0 Å². The van der Waals surface area contributed by atoms with Crippen molar-refractivity contribution in [3.63, 3.8) is 0 Å². The molecule has 0 aromatic heterocycles. The fraction of sp³-hybridized carbons (Fsp3) is 0.625. The summed E-state index contributed by atoms with van der Waals surface area (Å²) in [5, 5.41) is 0. The first kappa shape index (κ1) is 9.37. The van der Waals surface area contributed by atoms with Gasteiger partial charge in [0.2, 0.25) is 6.29 Å². The van der Waals surface area contributed by atoms with Crippen LogP contribution in [0.15, 0.2) is 12.2 Å². The lowest BCUT2D eigenvalue weighted by molar-refractivity contribution is 0.159. The molecule has 0 aliphatic rings. The SMILES string of the molecule is CCCCOCC=C[C]=O. The Balaban J connectivity index is 2.90. The number of unbranched alkanes of at least 4 members (excludes halogenated alkanes) is 1. The van der Waals surface area contributed by atoms with Crippen molar-refractivity contribution >= 4 is 6.29 Å². The Morgan fingerprint density at radius 1 is 1.60 bits per heavy atom. The van der Waals surface area contributed by atoms with Gasteiger partial charge in [0.15, 0.2) is 0 Å². The summed E-state index contributed by atoms with van der Waals surface area (Å²) < 4.78 is 5.11. The minimum Gasteiger partial charge on any atom is -0.377 e. The number of hydrogen-bond donors (Lipinski definition) is 0. The van der Waals surface area contributed by atoms with Gasteiger partial charge in [-0.3, -0.25) is 4.79 Å².